The summed E-state index contributed by atoms with van der Waals surface area (Å²) in [6.07, 6.45) is 10.5. The van der Waals surface area contributed by atoms with Crippen LogP contribution < -0.4 is 0 Å². The maximum absolute atomic E-state index is 14.4. The lowest BCUT2D eigenvalue weighted by Crippen LogP contribution is -2.59. The maximum atomic E-state index is 14.4. The molecular formula is C31H50N2O6. The van der Waals surface area contributed by atoms with Crippen molar-refractivity contribution >= 4 is 17.8 Å². The molecule has 0 aliphatic carbocycles. The van der Waals surface area contributed by atoms with E-state index < -0.39 is 41.1 Å². The molecule has 0 saturated carbocycles. The quantitative estimate of drug-likeness (QED) is 0.166. The molecule has 8 nitrogen and oxygen atoms in total. The van der Waals surface area contributed by atoms with Gasteiger partial charge in [-0.3, -0.25) is 14.4 Å². The number of nitrogens with zero attached hydrogens (tertiary/aromatic N) is 2. The number of carbonyl (C=O) groups is 3. The smallest absolute Gasteiger partial charge is 0.312 e. The van der Waals surface area contributed by atoms with Crippen molar-refractivity contribution < 1.29 is 29.0 Å². The highest BCUT2D eigenvalue weighted by Gasteiger charge is 2.79. The van der Waals surface area contributed by atoms with Gasteiger partial charge in [-0.25, -0.2) is 0 Å². The topological polar surface area (TPSA) is 96.4 Å². The van der Waals surface area contributed by atoms with E-state index in [0.29, 0.717) is 32.4 Å². The van der Waals surface area contributed by atoms with Crippen molar-refractivity contribution in [3.05, 3.63) is 25.3 Å². The number of hydrogen-bond acceptors (Lipinski definition) is 6. The molecule has 2 bridgehead atoms. The first-order chi connectivity index (χ1) is 18.7. The van der Waals surface area contributed by atoms with Crippen LogP contribution in [0.3, 0.4) is 0 Å². The third-order valence-electron chi connectivity index (χ3n) is 9.16. The number of hydrogen-bond donors (Lipinski definition) is 1. The van der Waals surface area contributed by atoms with Crippen LogP contribution in [0, 0.1) is 17.8 Å². The molecule has 1 N–H and O–H groups in total. The van der Waals surface area contributed by atoms with Crippen LogP contribution in [0.5, 0.6) is 0 Å². The standard InChI is InChI=1S/C31H50N2O6/c1-7-11-13-15-20-38-29(37)25-24-27(35)33(23(21-34)22(5)6)26(31(24)17-16-30(25,10-4)39-31)28(36)32(18-9-3)19-14-12-8-2/h7,9,22-26,34H,1,3,8,10-21H2,2,4-6H3/t23-,24-,25-,26?,30+,31?/m0/s1. The van der Waals surface area contributed by atoms with Gasteiger partial charge < -0.3 is 24.4 Å². The first-order valence-corrected chi connectivity index (χ1v) is 15.0. The van der Waals surface area contributed by atoms with Gasteiger partial charge >= 0.3 is 5.97 Å². The fraction of sp³-hybridized carbons (Fsp3) is 0.774. The van der Waals surface area contributed by atoms with Crippen LogP contribution in [0.15, 0.2) is 25.3 Å². The Kier molecular flexibility index (Phi) is 10.8. The molecule has 0 aromatic carbocycles. The van der Waals surface area contributed by atoms with Crippen molar-refractivity contribution in [2.24, 2.45) is 17.8 Å². The molecule has 0 aromatic rings. The lowest BCUT2D eigenvalue weighted by atomic mass is 9.65. The van der Waals surface area contributed by atoms with Crippen LogP contribution in [0.4, 0.5) is 0 Å². The summed E-state index contributed by atoms with van der Waals surface area (Å²) in [6.45, 7) is 16.5. The minimum atomic E-state index is -1.12. The molecule has 8 heteroatoms. The Bertz CT molecular complexity index is 906. The Morgan fingerprint density at radius 3 is 2.51 bits per heavy atom. The Labute approximate surface area is 234 Å². The first-order valence-electron chi connectivity index (χ1n) is 15.0. The van der Waals surface area contributed by atoms with Crippen molar-refractivity contribution in [2.45, 2.75) is 109 Å². The van der Waals surface area contributed by atoms with Crippen LogP contribution in [-0.2, 0) is 23.9 Å². The number of aliphatic hydroxyl groups excluding tert-OH is 1. The minimum absolute atomic E-state index is 0.0926. The molecule has 3 fully saturated rings. The summed E-state index contributed by atoms with van der Waals surface area (Å²) in [7, 11) is 0. The second kappa shape index (κ2) is 13.4. The van der Waals surface area contributed by atoms with Gasteiger partial charge in [-0.1, -0.05) is 52.7 Å². The van der Waals surface area contributed by atoms with Crippen LogP contribution in [0.2, 0.25) is 0 Å². The summed E-state index contributed by atoms with van der Waals surface area (Å²) in [5.74, 6) is -2.56. The molecule has 3 aliphatic heterocycles. The predicted molar refractivity (Wildman–Crippen MR) is 151 cm³/mol. The first kappa shape index (κ1) is 31.3. The van der Waals surface area contributed by atoms with E-state index in [1.807, 2.05) is 26.8 Å². The third kappa shape index (κ3) is 5.69. The normalized spacial score (nSPS) is 29.9. The number of rotatable bonds is 17. The van der Waals surface area contributed by atoms with Crippen LogP contribution in [-0.4, -0.2) is 82.3 Å². The van der Waals surface area contributed by atoms with Gasteiger partial charge in [0.05, 0.1) is 30.8 Å². The summed E-state index contributed by atoms with van der Waals surface area (Å²) >= 11 is 0. The fourth-order valence-electron chi connectivity index (χ4n) is 7.10. The average molecular weight is 547 g/mol. The molecule has 0 aromatic heterocycles. The van der Waals surface area contributed by atoms with Crippen molar-refractivity contribution in [2.75, 3.05) is 26.3 Å². The van der Waals surface area contributed by atoms with Crippen LogP contribution in [0.1, 0.15) is 85.5 Å². The van der Waals surface area contributed by atoms with Gasteiger partial charge in [0.25, 0.3) is 0 Å². The summed E-state index contributed by atoms with van der Waals surface area (Å²) in [6, 6.07) is -1.47. The number of aliphatic hydroxyl groups is 1. The van der Waals surface area contributed by atoms with Crippen LogP contribution >= 0.6 is 0 Å². The summed E-state index contributed by atoms with van der Waals surface area (Å²) in [5.41, 5.74) is -1.95. The van der Waals surface area contributed by atoms with Gasteiger partial charge in [0, 0.05) is 13.1 Å². The van der Waals surface area contributed by atoms with Gasteiger partial charge in [-0.2, -0.15) is 0 Å². The zero-order valence-electron chi connectivity index (χ0n) is 24.5. The second-order valence-corrected chi connectivity index (χ2v) is 11.8. The van der Waals surface area contributed by atoms with E-state index in [2.05, 4.69) is 20.1 Å². The number of allylic oxidation sites excluding steroid dienone is 1. The number of ether oxygens (including phenoxy) is 2. The van der Waals surface area contributed by atoms with E-state index in [1.54, 1.807) is 15.9 Å². The lowest BCUT2D eigenvalue weighted by molar-refractivity contribution is -0.164. The molecule has 1 spiro atoms. The van der Waals surface area contributed by atoms with E-state index in [4.69, 9.17) is 9.47 Å². The zero-order valence-corrected chi connectivity index (χ0v) is 24.5. The van der Waals surface area contributed by atoms with Gasteiger partial charge in [0.15, 0.2) is 0 Å². The highest BCUT2D eigenvalue weighted by atomic mass is 16.6. The fourth-order valence-corrected chi connectivity index (χ4v) is 7.10. The molecule has 6 atom stereocenters. The molecule has 3 rings (SSSR count). The SMILES string of the molecule is C=CCCCCOC(=O)[C@@H]1[C@H]2C(=O)N([C@@H](CO)C(C)C)C(C(=O)N(CC=C)CCCCC)C23CC[C@@]1(CC)O3. The van der Waals surface area contributed by atoms with Gasteiger partial charge in [0.2, 0.25) is 11.8 Å². The number of likely N-dealkylation sites (tertiary alicyclic amines) is 1. The second-order valence-electron chi connectivity index (χ2n) is 11.8. The number of amides is 2. The molecule has 2 unspecified atom stereocenters. The molecule has 3 saturated heterocycles. The molecule has 3 heterocycles. The van der Waals surface area contributed by atoms with E-state index in [0.717, 1.165) is 38.5 Å². The highest BCUT2D eigenvalue weighted by Crippen LogP contribution is 2.65. The number of esters is 1. The maximum Gasteiger partial charge on any atom is 0.312 e. The number of unbranched alkanes of at least 4 members (excludes halogenated alkanes) is 4. The van der Waals surface area contributed by atoms with E-state index in [9.17, 15) is 19.5 Å². The molecule has 3 aliphatic rings. The Hall–Kier alpha value is -2.19. The van der Waals surface area contributed by atoms with Crippen molar-refractivity contribution in [3.8, 4) is 0 Å². The minimum Gasteiger partial charge on any atom is -0.465 e. The number of carbonyl (C=O) groups excluding carboxylic acids is 3. The highest BCUT2D eigenvalue weighted by molar-refractivity contribution is 5.98. The monoisotopic (exact) mass is 546 g/mol. The zero-order chi connectivity index (χ0) is 28.8. The van der Waals surface area contributed by atoms with Crippen molar-refractivity contribution in [1.82, 2.24) is 9.80 Å². The van der Waals surface area contributed by atoms with Crippen molar-refractivity contribution in [3.63, 3.8) is 0 Å². The Balaban J connectivity index is 2.02. The average Bonchev–Trinajstić information content (AvgIpc) is 3.52. The molecule has 220 valence electrons. The summed E-state index contributed by atoms with van der Waals surface area (Å²) < 4.78 is 12.6. The molecule has 2 amide bonds. The van der Waals surface area contributed by atoms with Gasteiger partial charge in [-0.15, -0.1) is 13.2 Å². The van der Waals surface area contributed by atoms with Crippen molar-refractivity contribution in [1.29, 1.82) is 0 Å². The number of fused-ring (bicyclic) bond motifs is 1. The van der Waals surface area contributed by atoms with Gasteiger partial charge in [0.1, 0.15) is 17.6 Å². The van der Waals surface area contributed by atoms with E-state index >= 15 is 0 Å². The lowest BCUT2D eigenvalue weighted by Gasteiger charge is -2.40. The summed E-state index contributed by atoms with van der Waals surface area (Å²) in [4.78, 5) is 45.7. The van der Waals surface area contributed by atoms with Gasteiger partial charge in [-0.05, 0) is 50.9 Å². The van der Waals surface area contributed by atoms with E-state index in [1.165, 1.54) is 0 Å². The largest absolute Gasteiger partial charge is 0.465 e. The molecule has 39 heavy (non-hydrogen) atoms. The Morgan fingerprint density at radius 2 is 1.92 bits per heavy atom. The summed E-state index contributed by atoms with van der Waals surface area (Å²) in [5, 5.41) is 10.4. The van der Waals surface area contributed by atoms with Crippen LogP contribution in [0.25, 0.3) is 0 Å². The van der Waals surface area contributed by atoms with E-state index in [-0.39, 0.29) is 30.9 Å². The predicted octanol–water partition coefficient (Wildman–Crippen LogP) is 4.26. The molecular weight excluding hydrogens is 496 g/mol. The third-order valence-corrected chi connectivity index (χ3v) is 9.16. The Morgan fingerprint density at radius 1 is 1.18 bits per heavy atom. The molecule has 0 radical (unpaired) electrons.